The van der Waals surface area contributed by atoms with Crippen LogP contribution in [0.4, 0.5) is 13.6 Å². The number of halogens is 3. The molecule has 0 radical (unpaired) electrons. The molecule has 1 fully saturated rings. The number of nitrogens with one attached hydrogen (secondary N) is 1. The standard InChI is InChI=1S/C39H41ClF2N8O4/c1-38(2,3)22-39(28-12-9-25(10-13-28)27-18-45-49(19-27)35(41)42)34(52)50(36(48-39)47-37(53)54-21-24-7-5-4-6-8-24)32(20-51)26-11-16-31(40)30(17-26)33(44-23-43)46-29-14-15-29/h4-13,16-19,23,29,32,35,51H,14-15,20-22H2,1-3H3,(H2,43,44,46)(H,47,48,53)/t32?,39-/m1/s1. The number of alkyl carbamates (subject to hydrolysis) is 1. The molecule has 1 unspecified atom stereocenters. The maximum Gasteiger partial charge on any atom is 0.414 e. The number of ether oxygens (including phenoxy) is 1. The lowest BCUT2D eigenvalue weighted by molar-refractivity contribution is -0.135. The van der Waals surface area contributed by atoms with Gasteiger partial charge in [-0.15, -0.1) is 0 Å². The monoisotopic (exact) mass is 758 g/mol. The predicted molar refractivity (Wildman–Crippen MR) is 202 cm³/mol. The van der Waals surface area contributed by atoms with Crippen molar-refractivity contribution in [3.63, 3.8) is 0 Å². The first-order chi connectivity index (χ1) is 25.8. The van der Waals surface area contributed by atoms with E-state index in [0.717, 1.165) is 24.7 Å². The van der Waals surface area contributed by atoms with Gasteiger partial charge < -0.3 is 15.6 Å². The molecular weight excluding hydrogens is 718 g/mol. The molecule has 15 heteroatoms. The quantitative estimate of drug-likeness (QED) is 0.111. The average molecular weight is 759 g/mol. The summed E-state index contributed by atoms with van der Waals surface area (Å²) in [6.07, 6.45) is 4.84. The number of aromatic nitrogens is 2. The molecular formula is C39H41ClF2N8O4. The number of hydrogen-bond acceptors (Lipinski definition) is 7. The van der Waals surface area contributed by atoms with Gasteiger partial charge in [0.2, 0.25) is 5.96 Å². The molecule has 0 bridgehead atoms. The maximum absolute atomic E-state index is 15.1. The number of alkyl halides is 2. The average Bonchev–Trinajstić information content (AvgIpc) is 3.74. The number of nitrogens with two attached hydrogens (primary N) is 1. The molecule has 1 aliphatic heterocycles. The second kappa shape index (κ2) is 15.9. The first kappa shape index (κ1) is 38.3. The van der Waals surface area contributed by atoms with Gasteiger partial charge in [-0.05, 0) is 59.1 Å². The normalized spacial score (nSPS) is 18.4. The van der Waals surface area contributed by atoms with Crippen LogP contribution in [-0.2, 0) is 21.7 Å². The Bertz CT molecular complexity index is 2080. The summed E-state index contributed by atoms with van der Waals surface area (Å²) in [5.74, 6) is -0.336. The largest absolute Gasteiger partial charge is 0.444 e. The molecule has 4 N–H and O–H groups in total. The minimum absolute atomic E-state index is 0.0423. The van der Waals surface area contributed by atoms with Crippen LogP contribution in [0, 0.1) is 5.41 Å². The number of aliphatic imine (C=N–C) groups is 3. The Morgan fingerprint density at radius 3 is 2.46 bits per heavy atom. The van der Waals surface area contributed by atoms with E-state index < -0.39 is 42.2 Å². The summed E-state index contributed by atoms with van der Waals surface area (Å²) >= 11 is 6.64. The minimum Gasteiger partial charge on any atom is -0.444 e. The summed E-state index contributed by atoms with van der Waals surface area (Å²) in [5, 5.41) is 17.8. The van der Waals surface area contributed by atoms with Crippen LogP contribution in [0.3, 0.4) is 0 Å². The third kappa shape index (κ3) is 8.50. The van der Waals surface area contributed by atoms with Crippen LogP contribution in [0.25, 0.3) is 11.1 Å². The van der Waals surface area contributed by atoms with Crippen molar-refractivity contribution >= 4 is 41.7 Å². The number of hydrogen-bond donors (Lipinski definition) is 3. The smallest absolute Gasteiger partial charge is 0.414 e. The minimum atomic E-state index is -2.79. The number of aliphatic hydroxyl groups excluding tert-OH is 1. The van der Waals surface area contributed by atoms with Gasteiger partial charge >= 0.3 is 12.6 Å². The van der Waals surface area contributed by atoms with E-state index in [1.807, 2.05) is 51.1 Å². The Balaban J connectivity index is 1.43. The first-order valence-corrected chi connectivity index (χ1v) is 17.8. The zero-order valence-electron chi connectivity index (χ0n) is 30.0. The lowest BCUT2D eigenvalue weighted by Gasteiger charge is -2.34. The fraction of sp³-hybridized carbons (Fsp3) is 0.333. The summed E-state index contributed by atoms with van der Waals surface area (Å²) in [4.78, 5) is 43.7. The van der Waals surface area contributed by atoms with Crippen molar-refractivity contribution in [2.45, 2.75) is 70.8 Å². The van der Waals surface area contributed by atoms with Crippen LogP contribution in [0.5, 0.6) is 0 Å². The highest BCUT2D eigenvalue weighted by atomic mass is 35.5. The molecule has 2 amide bonds. The van der Waals surface area contributed by atoms with Crippen LogP contribution in [0.1, 0.15) is 74.9 Å². The van der Waals surface area contributed by atoms with E-state index in [0.29, 0.717) is 43.4 Å². The molecule has 282 valence electrons. The van der Waals surface area contributed by atoms with E-state index in [1.54, 1.807) is 42.5 Å². The Morgan fingerprint density at radius 2 is 1.85 bits per heavy atom. The summed E-state index contributed by atoms with van der Waals surface area (Å²) in [6, 6.07) is 19.9. The van der Waals surface area contributed by atoms with Crippen LogP contribution >= 0.6 is 11.6 Å². The molecule has 12 nitrogen and oxygen atoms in total. The Hall–Kier alpha value is -5.47. The van der Waals surface area contributed by atoms with Gasteiger partial charge in [-0.2, -0.15) is 13.9 Å². The van der Waals surface area contributed by atoms with Crippen molar-refractivity contribution in [1.29, 1.82) is 0 Å². The highest BCUT2D eigenvalue weighted by Crippen LogP contribution is 2.45. The second-order valence-electron chi connectivity index (χ2n) is 14.4. The van der Waals surface area contributed by atoms with Crippen molar-refractivity contribution in [1.82, 2.24) is 20.0 Å². The molecule has 1 saturated carbocycles. The molecule has 2 aliphatic rings. The van der Waals surface area contributed by atoms with E-state index in [2.05, 4.69) is 20.4 Å². The van der Waals surface area contributed by atoms with Crippen LogP contribution < -0.4 is 11.1 Å². The molecule has 1 aromatic heterocycles. The predicted octanol–water partition coefficient (Wildman–Crippen LogP) is 6.98. The van der Waals surface area contributed by atoms with Crippen LogP contribution in [0.2, 0.25) is 5.02 Å². The second-order valence-corrected chi connectivity index (χ2v) is 14.8. The van der Waals surface area contributed by atoms with Crippen LogP contribution in [-0.4, -0.2) is 62.6 Å². The number of carbonyl (C=O) groups is 2. The third-order valence-electron chi connectivity index (χ3n) is 8.96. The molecule has 6 rings (SSSR count). The number of benzene rings is 3. The molecule has 3 aromatic carbocycles. The topological polar surface area (TPSA) is 160 Å². The SMILES string of the molecule is CC(C)(C)C[C@]1(c2ccc(-c3cnn(C(F)F)c3)cc2)N=C(NC(=O)OCc2ccccc2)N(C(CO)c2ccc(Cl)c(C(N=CN)=NC3CC3)c2)C1=O. The van der Waals surface area contributed by atoms with Gasteiger partial charge in [-0.3, -0.25) is 20.0 Å². The summed E-state index contributed by atoms with van der Waals surface area (Å²) in [5.41, 5.74) is 6.79. The third-order valence-corrected chi connectivity index (χ3v) is 9.29. The Kier molecular flexibility index (Phi) is 11.2. The number of amides is 2. The highest BCUT2D eigenvalue weighted by molar-refractivity contribution is 6.34. The van der Waals surface area contributed by atoms with Gasteiger partial charge in [-0.1, -0.05) is 93.0 Å². The molecule has 54 heavy (non-hydrogen) atoms. The number of guanidine groups is 1. The van der Waals surface area contributed by atoms with E-state index >= 15 is 4.79 Å². The van der Waals surface area contributed by atoms with Gasteiger partial charge in [-0.25, -0.2) is 19.5 Å². The van der Waals surface area contributed by atoms with E-state index in [-0.39, 0.29) is 25.0 Å². The number of amidine groups is 1. The summed E-state index contributed by atoms with van der Waals surface area (Å²) in [7, 11) is 0. The summed E-state index contributed by atoms with van der Waals surface area (Å²) in [6.45, 7) is 2.48. The van der Waals surface area contributed by atoms with Gasteiger partial charge in [0.1, 0.15) is 6.61 Å². The maximum atomic E-state index is 15.1. The van der Waals surface area contributed by atoms with Gasteiger partial charge in [0.15, 0.2) is 11.4 Å². The fourth-order valence-corrected chi connectivity index (χ4v) is 6.59. The fourth-order valence-electron chi connectivity index (χ4n) is 6.39. The Labute approximate surface area is 316 Å². The van der Waals surface area contributed by atoms with Crippen molar-refractivity contribution in [2.75, 3.05) is 6.61 Å². The van der Waals surface area contributed by atoms with Gasteiger partial charge in [0, 0.05) is 17.3 Å². The number of carbonyl (C=O) groups excluding carboxylic acids is 2. The van der Waals surface area contributed by atoms with E-state index in [4.69, 9.17) is 27.1 Å². The molecule has 2 heterocycles. The van der Waals surface area contributed by atoms with Crippen molar-refractivity contribution < 1.29 is 28.2 Å². The van der Waals surface area contributed by atoms with E-state index in [9.17, 15) is 18.7 Å². The lowest BCUT2D eigenvalue weighted by Crippen LogP contribution is -2.49. The Morgan fingerprint density at radius 1 is 1.13 bits per heavy atom. The number of nitrogens with zero attached hydrogens (tertiary/aromatic N) is 6. The highest BCUT2D eigenvalue weighted by Gasteiger charge is 2.54. The molecule has 2 atom stereocenters. The zero-order chi connectivity index (χ0) is 38.6. The molecule has 0 spiro atoms. The van der Waals surface area contributed by atoms with E-state index in [1.165, 1.54) is 17.3 Å². The lowest BCUT2D eigenvalue weighted by atomic mass is 9.75. The molecule has 1 aliphatic carbocycles. The van der Waals surface area contributed by atoms with Gasteiger partial charge in [0.25, 0.3) is 5.91 Å². The molecule has 4 aromatic rings. The zero-order valence-corrected chi connectivity index (χ0v) is 30.8. The number of aliphatic hydroxyl groups is 1. The number of rotatable bonds is 11. The van der Waals surface area contributed by atoms with Crippen molar-refractivity contribution in [3.05, 3.63) is 112 Å². The first-order valence-electron chi connectivity index (χ1n) is 17.4. The van der Waals surface area contributed by atoms with Gasteiger partial charge in [0.05, 0.1) is 36.2 Å². The van der Waals surface area contributed by atoms with Crippen molar-refractivity contribution in [2.24, 2.45) is 26.1 Å². The van der Waals surface area contributed by atoms with Crippen molar-refractivity contribution in [3.8, 4) is 11.1 Å². The summed E-state index contributed by atoms with van der Waals surface area (Å²) < 4.78 is 32.6. The van der Waals surface area contributed by atoms with Crippen LogP contribution in [0.15, 0.2) is 100 Å². The molecule has 0 saturated heterocycles.